The molecule has 28 heavy (non-hydrogen) atoms. The number of amides is 2. The minimum Gasteiger partial charge on any atom is -0.493 e. The molecule has 2 aromatic carbocycles. The van der Waals surface area contributed by atoms with Gasteiger partial charge in [-0.05, 0) is 76.6 Å². The summed E-state index contributed by atoms with van der Waals surface area (Å²) >= 11 is 6.94. The van der Waals surface area contributed by atoms with Gasteiger partial charge in [0.2, 0.25) is 0 Å². The third-order valence-corrected chi connectivity index (χ3v) is 5.14. The first-order valence-electron chi connectivity index (χ1n) is 8.32. The van der Waals surface area contributed by atoms with Crippen LogP contribution in [0.4, 0.5) is 0 Å². The van der Waals surface area contributed by atoms with Crippen LogP contribution >= 0.6 is 34.8 Å². The van der Waals surface area contributed by atoms with Crippen molar-refractivity contribution in [1.29, 1.82) is 0 Å². The highest BCUT2D eigenvalue weighted by Crippen LogP contribution is 2.35. The average molecular weight is 508 g/mol. The summed E-state index contributed by atoms with van der Waals surface area (Å²) in [5, 5.41) is 4.82. The number of rotatable bonds is 5. The molecule has 0 saturated carbocycles. The number of carbonyl (C=O) groups excluding carboxylic acids is 2. The monoisotopic (exact) mass is 508 g/mol. The van der Waals surface area contributed by atoms with Gasteiger partial charge in [-0.2, -0.15) is 0 Å². The molecule has 0 unspecified atom stereocenters. The molecule has 1 fully saturated rings. The van der Waals surface area contributed by atoms with Gasteiger partial charge >= 0.3 is 0 Å². The van der Waals surface area contributed by atoms with E-state index < -0.39 is 11.8 Å². The van der Waals surface area contributed by atoms with E-state index in [1.165, 1.54) is 6.08 Å². The normalized spacial score (nSPS) is 13.7. The van der Waals surface area contributed by atoms with Crippen LogP contribution in [0, 0.1) is 10.5 Å². The molecule has 1 saturated heterocycles. The summed E-state index contributed by atoms with van der Waals surface area (Å²) < 4.78 is 12.3. The van der Waals surface area contributed by atoms with Gasteiger partial charge in [0.1, 0.15) is 12.2 Å². The van der Waals surface area contributed by atoms with E-state index in [-0.39, 0.29) is 10.7 Å². The fourth-order valence-electron chi connectivity index (χ4n) is 2.66. The van der Waals surface area contributed by atoms with Gasteiger partial charge in [0.25, 0.3) is 11.8 Å². The van der Waals surface area contributed by atoms with Crippen molar-refractivity contribution in [3.63, 3.8) is 0 Å². The van der Waals surface area contributed by atoms with Crippen LogP contribution in [0.25, 0.3) is 6.08 Å². The summed E-state index contributed by atoms with van der Waals surface area (Å²) in [5.41, 5.74) is 2.83. The maximum atomic E-state index is 12.0. The van der Waals surface area contributed by atoms with Gasteiger partial charge in [-0.25, -0.2) is 0 Å². The predicted octanol–water partition coefficient (Wildman–Crippen LogP) is 3.10. The molecule has 0 radical (unpaired) electrons. The molecule has 0 spiro atoms. The van der Waals surface area contributed by atoms with Crippen LogP contribution in [0.3, 0.4) is 0 Å². The van der Waals surface area contributed by atoms with Gasteiger partial charge in [-0.1, -0.05) is 24.3 Å². The zero-order valence-corrected chi connectivity index (χ0v) is 18.1. The number of hydrogen-bond donors (Lipinski definition) is 2. The first kappa shape index (κ1) is 20.3. The Balaban J connectivity index is 1.88. The minimum atomic E-state index is -0.539. The van der Waals surface area contributed by atoms with E-state index in [1.54, 1.807) is 13.2 Å². The topological polar surface area (TPSA) is 76.7 Å². The number of aryl methyl sites for hydroxylation is 1. The van der Waals surface area contributed by atoms with Gasteiger partial charge in [0, 0.05) is 0 Å². The second-order valence-corrected chi connectivity index (χ2v) is 7.62. The molecule has 0 atom stereocenters. The van der Waals surface area contributed by atoms with Crippen molar-refractivity contribution >= 4 is 57.8 Å². The average Bonchev–Trinajstić information content (AvgIpc) is 2.64. The first-order valence-corrected chi connectivity index (χ1v) is 9.81. The van der Waals surface area contributed by atoms with E-state index in [0.29, 0.717) is 23.7 Å². The first-order chi connectivity index (χ1) is 13.4. The highest BCUT2D eigenvalue weighted by molar-refractivity contribution is 14.1. The SMILES string of the molecule is COc1cc(C=C2C(=O)NC(=S)NC2=O)cc(I)c1OCc1ccccc1C. The van der Waals surface area contributed by atoms with Crippen LogP contribution in [0.2, 0.25) is 0 Å². The molecule has 1 heterocycles. The van der Waals surface area contributed by atoms with E-state index >= 15 is 0 Å². The summed E-state index contributed by atoms with van der Waals surface area (Å²) in [7, 11) is 1.54. The Kier molecular flexibility index (Phi) is 6.30. The molecule has 1 aliphatic heterocycles. The fourth-order valence-corrected chi connectivity index (χ4v) is 3.62. The van der Waals surface area contributed by atoms with Gasteiger partial charge < -0.3 is 9.47 Å². The predicted molar refractivity (Wildman–Crippen MR) is 118 cm³/mol. The molecule has 6 nitrogen and oxygen atoms in total. The van der Waals surface area contributed by atoms with E-state index in [0.717, 1.165) is 14.7 Å². The van der Waals surface area contributed by atoms with Gasteiger partial charge in [-0.3, -0.25) is 20.2 Å². The van der Waals surface area contributed by atoms with Crippen molar-refractivity contribution < 1.29 is 19.1 Å². The Morgan fingerprint density at radius 1 is 1.14 bits per heavy atom. The quantitative estimate of drug-likeness (QED) is 0.281. The highest BCUT2D eigenvalue weighted by Gasteiger charge is 2.26. The van der Waals surface area contributed by atoms with E-state index in [9.17, 15) is 9.59 Å². The highest BCUT2D eigenvalue weighted by atomic mass is 127. The standard InChI is InChI=1S/C20H17IN2O4S/c1-11-5-3-4-6-13(11)10-27-17-15(21)8-12(9-16(17)26-2)7-14-18(24)22-20(28)23-19(14)25/h3-9H,10H2,1-2H3,(H2,22,23,24,25,28). The van der Waals surface area contributed by atoms with E-state index in [4.69, 9.17) is 21.7 Å². The van der Waals surface area contributed by atoms with Crippen molar-refractivity contribution in [3.8, 4) is 11.5 Å². The molecule has 144 valence electrons. The Morgan fingerprint density at radius 2 is 1.82 bits per heavy atom. The Bertz CT molecular complexity index is 982. The Morgan fingerprint density at radius 3 is 2.46 bits per heavy atom. The smallest absolute Gasteiger partial charge is 0.263 e. The minimum absolute atomic E-state index is 0.000681. The maximum absolute atomic E-state index is 12.0. The second-order valence-electron chi connectivity index (χ2n) is 6.04. The van der Waals surface area contributed by atoms with Gasteiger partial charge in [-0.15, -0.1) is 0 Å². The lowest BCUT2D eigenvalue weighted by molar-refractivity contribution is -0.123. The summed E-state index contributed by atoms with van der Waals surface area (Å²) in [6.45, 7) is 2.43. The summed E-state index contributed by atoms with van der Waals surface area (Å²) in [6, 6.07) is 11.5. The summed E-state index contributed by atoms with van der Waals surface area (Å²) in [4.78, 5) is 24.1. The molecule has 8 heteroatoms. The number of nitrogens with one attached hydrogen (secondary N) is 2. The molecular formula is C20H17IN2O4S. The molecule has 0 aromatic heterocycles. The Labute approximate surface area is 181 Å². The van der Waals surface area contributed by atoms with Gasteiger partial charge in [0.05, 0.1) is 10.7 Å². The van der Waals surface area contributed by atoms with E-state index in [1.807, 2.05) is 37.3 Å². The lowest BCUT2D eigenvalue weighted by Gasteiger charge is -2.17. The van der Waals surface area contributed by atoms with Crippen LogP contribution in [-0.4, -0.2) is 24.0 Å². The molecule has 0 aliphatic carbocycles. The van der Waals surface area contributed by atoms with Gasteiger partial charge in [0.15, 0.2) is 16.6 Å². The molecule has 2 aromatic rings. The summed E-state index contributed by atoms with van der Waals surface area (Å²) in [6.07, 6.45) is 1.49. The van der Waals surface area contributed by atoms with Crippen LogP contribution in [-0.2, 0) is 16.2 Å². The maximum Gasteiger partial charge on any atom is 0.263 e. The van der Waals surface area contributed by atoms with Crippen LogP contribution in [0.1, 0.15) is 16.7 Å². The number of halogens is 1. The van der Waals surface area contributed by atoms with Crippen LogP contribution < -0.4 is 20.1 Å². The number of methoxy groups -OCH3 is 1. The lowest BCUT2D eigenvalue weighted by Crippen LogP contribution is -2.51. The van der Waals surface area contributed by atoms with Crippen LogP contribution in [0.5, 0.6) is 11.5 Å². The molecule has 3 rings (SSSR count). The molecule has 2 N–H and O–H groups in total. The lowest BCUT2D eigenvalue weighted by atomic mass is 10.1. The van der Waals surface area contributed by atoms with Crippen molar-refractivity contribution in [1.82, 2.24) is 10.6 Å². The van der Waals surface area contributed by atoms with Crippen molar-refractivity contribution in [2.75, 3.05) is 7.11 Å². The number of carbonyl (C=O) groups is 2. The number of thiocarbonyl (C=S) groups is 1. The Hall–Kier alpha value is -2.46. The molecule has 1 aliphatic rings. The molecular weight excluding hydrogens is 491 g/mol. The molecule has 0 bridgehead atoms. The van der Waals surface area contributed by atoms with Crippen molar-refractivity contribution in [2.24, 2.45) is 0 Å². The second kappa shape index (κ2) is 8.70. The third-order valence-electron chi connectivity index (χ3n) is 4.14. The third kappa shape index (κ3) is 4.50. The largest absolute Gasteiger partial charge is 0.493 e. The fraction of sp³-hybridized carbons (Fsp3) is 0.150. The zero-order chi connectivity index (χ0) is 20.3. The zero-order valence-electron chi connectivity index (χ0n) is 15.2. The van der Waals surface area contributed by atoms with Crippen molar-refractivity contribution in [3.05, 3.63) is 62.2 Å². The van der Waals surface area contributed by atoms with Crippen LogP contribution in [0.15, 0.2) is 42.0 Å². The number of ether oxygens (including phenoxy) is 2. The van der Waals surface area contributed by atoms with Crippen molar-refractivity contribution in [2.45, 2.75) is 13.5 Å². The molecule has 2 amide bonds. The van der Waals surface area contributed by atoms with E-state index in [2.05, 4.69) is 33.2 Å². The number of hydrogen-bond acceptors (Lipinski definition) is 5. The summed E-state index contributed by atoms with van der Waals surface area (Å²) in [5.74, 6) is 0.0388. The number of benzene rings is 2.